The fourth-order valence-electron chi connectivity index (χ4n) is 1.89. The molecule has 23 heavy (non-hydrogen) atoms. The number of nitrogens with one attached hydrogen (secondary N) is 1. The van der Waals surface area contributed by atoms with E-state index in [9.17, 15) is 14.9 Å². The molecule has 2 rings (SSSR count). The molecule has 0 saturated carbocycles. The predicted molar refractivity (Wildman–Crippen MR) is 85.1 cm³/mol. The van der Waals surface area contributed by atoms with Gasteiger partial charge in [-0.25, -0.2) is 4.98 Å². The number of ether oxygens (including phenoxy) is 1. The Hall–Kier alpha value is -2.96. The summed E-state index contributed by atoms with van der Waals surface area (Å²) >= 11 is 0. The first-order valence-corrected chi connectivity index (χ1v) is 7.19. The third-order valence-electron chi connectivity index (χ3n) is 3.04. The average Bonchev–Trinajstić information content (AvgIpc) is 2.56. The van der Waals surface area contributed by atoms with Crippen LogP contribution in [0.4, 0.5) is 11.5 Å². The van der Waals surface area contributed by atoms with Gasteiger partial charge in [-0.1, -0.05) is 30.3 Å². The first kappa shape index (κ1) is 16.4. The molecule has 0 radical (unpaired) electrons. The van der Waals surface area contributed by atoms with Crippen LogP contribution in [0.25, 0.3) is 0 Å². The van der Waals surface area contributed by atoms with E-state index < -0.39 is 4.92 Å². The average molecular weight is 315 g/mol. The van der Waals surface area contributed by atoms with Crippen molar-refractivity contribution < 1.29 is 14.5 Å². The summed E-state index contributed by atoms with van der Waals surface area (Å²) in [5.41, 5.74) is 0.871. The molecule has 0 fully saturated rings. The number of carbonyl (C=O) groups excluding carboxylic acids is 1. The molecule has 1 heterocycles. The highest BCUT2D eigenvalue weighted by Crippen LogP contribution is 2.11. The molecule has 0 aliphatic carbocycles. The Balaban J connectivity index is 1.62. The van der Waals surface area contributed by atoms with E-state index in [0.717, 1.165) is 5.56 Å². The number of rotatable bonds is 8. The van der Waals surface area contributed by atoms with E-state index in [1.807, 2.05) is 30.3 Å². The maximum absolute atomic E-state index is 11.6. The van der Waals surface area contributed by atoms with Crippen LogP contribution in [0.15, 0.2) is 48.7 Å². The van der Waals surface area contributed by atoms with Crippen LogP contribution in [0.1, 0.15) is 12.0 Å². The second kappa shape index (κ2) is 8.47. The minimum absolute atomic E-state index is 0.0506. The summed E-state index contributed by atoms with van der Waals surface area (Å²) in [6.07, 6.45) is 2.08. The molecule has 120 valence electrons. The van der Waals surface area contributed by atoms with Gasteiger partial charge >= 0.3 is 5.97 Å². The van der Waals surface area contributed by atoms with E-state index in [1.165, 1.54) is 12.3 Å². The molecule has 0 amide bonds. The zero-order valence-corrected chi connectivity index (χ0v) is 12.5. The molecule has 0 atom stereocenters. The quantitative estimate of drug-likeness (QED) is 0.348. The molecule has 0 unspecified atom stereocenters. The molecule has 0 saturated heterocycles. The van der Waals surface area contributed by atoms with Crippen LogP contribution in [0.2, 0.25) is 0 Å². The van der Waals surface area contributed by atoms with Gasteiger partial charge in [0.2, 0.25) is 0 Å². The predicted octanol–water partition coefficient (Wildman–Crippen LogP) is 2.58. The minimum Gasteiger partial charge on any atom is -0.465 e. The SMILES string of the molecule is O=C(Cc1ccccc1)OCCCNc1ccc([N+](=O)[O-])cn1. The van der Waals surface area contributed by atoms with Gasteiger partial charge < -0.3 is 10.1 Å². The summed E-state index contributed by atoms with van der Waals surface area (Å²) in [4.78, 5) is 25.6. The van der Waals surface area contributed by atoms with E-state index in [4.69, 9.17) is 4.74 Å². The lowest BCUT2D eigenvalue weighted by Gasteiger charge is -2.07. The molecular weight excluding hydrogens is 298 g/mol. The van der Waals surface area contributed by atoms with Crippen molar-refractivity contribution in [2.45, 2.75) is 12.8 Å². The fraction of sp³-hybridized carbons (Fsp3) is 0.250. The van der Waals surface area contributed by atoms with E-state index in [-0.39, 0.29) is 18.1 Å². The number of hydrogen-bond acceptors (Lipinski definition) is 6. The van der Waals surface area contributed by atoms with Gasteiger partial charge in [-0.2, -0.15) is 0 Å². The van der Waals surface area contributed by atoms with E-state index in [2.05, 4.69) is 10.3 Å². The number of anilines is 1. The largest absolute Gasteiger partial charge is 0.465 e. The van der Waals surface area contributed by atoms with Gasteiger partial charge in [0.05, 0.1) is 18.0 Å². The summed E-state index contributed by atoms with van der Waals surface area (Å²) in [5.74, 6) is 0.288. The van der Waals surface area contributed by atoms with Crippen LogP contribution < -0.4 is 5.32 Å². The van der Waals surface area contributed by atoms with Crippen LogP contribution in [0, 0.1) is 10.1 Å². The molecule has 0 aliphatic heterocycles. The lowest BCUT2D eigenvalue weighted by molar-refractivity contribution is -0.385. The molecule has 1 aromatic carbocycles. The maximum atomic E-state index is 11.6. The monoisotopic (exact) mass is 315 g/mol. The number of carbonyl (C=O) groups is 1. The highest BCUT2D eigenvalue weighted by atomic mass is 16.6. The molecule has 0 spiro atoms. The van der Waals surface area contributed by atoms with Crippen molar-refractivity contribution in [2.75, 3.05) is 18.5 Å². The van der Waals surface area contributed by atoms with Gasteiger partial charge in [-0.3, -0.25) is 14.9 Å². The normalized spacial score (nSPS) is 10.1. The summed E-state index contributed by atoms with van der Waals surface area (Å²) in [7, 11) is 0. The molecule has 1 N–H and O–H groups in total. The van der Waals surface area contributed by atoms with Crippen molar-refractivity contribution in [3.05, 3.63) is 64.3 Å². The molecule has 7 heteroatoms. The fourth-order valence-corrected chi connectivity index (χ4v) is 1.89. The summed E-state index contributed by atoms with van der Waals surface area (Å²) in [6, 6.07) is 12.3. The van der Waals surface area contributed by atoms with E-state index in [0.29, 0.717) is 25.4 Å². The number of esters is 1. The zero-order chi connectivity index (χ0) is 16.5. The summed E-state index contributed by atoms with van der Waals surface area (Å²) in [5, 5.41) is 13.5. The highest BCUT2D eigenvalue weighted by Gasteiger charge is 2.06. The Labute approximate surface area is 133 Å². The minimum atomic E-state index is -0.497. The van der Waals surface area contributed by atoms with Crippen molar-refractivity contribution in [3.8, 4) is 0 Å². The molecule has 0 aliphatic rings. The van der Waals surface area contributed by atoms with Crippen molar-refractivity contribution in [1.82, 2.24) is 4.98 Å². The van der Waals surface area contributed by atoms with Crippen LogP contribution in [0.3, 0.4) is 0 Å². The number of hydrogen-bond donors (Lipinski definition) is 1. The summed E-state index contributed by atoms with van der Waals surface area (Å²) < 4.78 is 5.15. The number of benzene rings is 1. The third kappa shape index (κ3) is 5.74. The Bertz CT molecular complexity index is 644. The molecule has 1 aromatic heterocycles. The van der Waals surface area contributed by atoms with Crippen LogP contribution in [0.5, 0.6) is 0 Å². The van der Waals surface area contributed by atoms with Crippen LogP contribution in [-0.2, 0) is 16.0 Å². The van der Waals surface area contributed by atoms with Gasteiger partial charge in [-0.15, -0.1) is 0 Å². The number of aromatic nitrogens is 1. The molecular formula is C16H17N3O4. The number of nitrogens with zero attached hydrogens (tertiary/aromatic N) is 2. The Kier molecular flexibility index (Phi) is 6.05. The van der Waals surface area contributed by atoms with Crippen LogP contribution >= 0.6 is 0 Å². The van der Waals surface area contributed by atoms with Gasteiger partial charge in [0, 0.05) is 12.6 Å². The maximum Gasteiger partial charge on any atom is 0.310 e. The van der Waals surface area contributed by atoms with E-state index >= 15 is 0 Å². The van der Waals surface area contributed by atoms with Crippen molar-refractivity contribution in [3.63, 3.8) is 0 Å². The van der Waals surface area contributed by atoms with E-state index in [1.54, 1.807) is 6.07 Å². The highest BCUT2D eigenvalue weighted by molar-refractivity contribution is 5.72. The first-order chi connectivity index (χ1) is 11.1. The molecule has 0 bridgehead atoms. The smallest absolute Gasteiger partial charge is 0.310 e. The van der Waals surface area contributed by atoms with Crippen molar-refractivity contribution in [2.24, 2.45) is 0 Å². The second-order valence-electron chi connectivity index (χ2n) is 4.82. The topological polar surface area (TPSA) is 94.4 Å². The van der Waals surface area contributed by atoms with Gasteiger partial charge in [0.1, 0.15) is 12.0 Å². The lowest BCUT2D eigenvalue weighted by atomic mass is 10.2. The zero-order valence-electron chi connectivity index (χ0n) is 12.5. The standard InChI is InChI=1S/C16H17N3O4/c20-16(11-13-5-2-1-3-6-13)23-10-4-9-17-15-8-7-14(12-18-15)19(21)22/h1-3,5-8,12H,4,9-11H2,(H,17,18). The second-order valence-corrected chi connectivity index (χ2v) is 4.82. The Morgan fingerprint density at radius 3 is 2.65 bits per heavy atom. The van der Waals surface area contributed by atoms with Crippen LogP contribution in [-0.4, -0.2) is 29.0 Å². The first-order valence-electron chi connectivity index (χ1n) is 7.19. The molecule has 2 aromatic rings. The number of nitro groups is 1. The Morgan fingerprint density at radius 1 is 1.22 bits per heavy atom. The molecule has 7 nitrogen and oxygen atoms in total. The lowest BCUT2D eigenvalue weighted by Crippen LogP contribution is -2.12. The van der Waals surface area contributed by atoms with Gasteiger partial charge in [-0.05, 0) is 18.1 Å². The Morgan fingerprint density at radius 2 is 2.00 bits per heavy atom. The van der Waals surface area contributed by atoms with Gasteiger partial charge in [0.15, 0.2) is 0 Å². The summed E-state index contributed by atoms with van der Waals surface area (Å²) in [6.45, 7) is 0.870. The van der Waals surface area contributed by atoms with Crippen molar-refractivity contribution in [1.29, 1.82) is 0 Å². The third-order valence-corrected chi connectivity index (χ3v) is 3.04. The van der Waals surface area contributed by atoms with Crippen molar-refractivity contribution >= 4 is 17.5 Å². The van der Waals surface area contributed by atoms with Gasteiger partial charge in [0.25, 0.3) is 5.69 Å². The number of pyridine rings is 1.